The summed E-state index contributed by atoms with van der Waals surface area (Å²) in [7, 11) is 0. The lowest BCUT2D eigenvalue weighted by Crippen LogP contribution is -2.55. The summed E-state index contributed by atoms with van der Waals surface area (Å²) in [5.41, 5.74) is 17.6. The van der Waals surface area contributed by atoms with Gasteiger partial charge < -0.3 is 9.32 Å². The van der Waals surface area contributed by atoms with Crippen molar-refractivity contribution in [2.75, 3.05) is 4.90 Å². The molecule has 0 N–H and O–H groups in total. The van der Waals surface area contributed by atoms with Crippen LogP contribution >= 0.6 is 0 Å². The average molecular weight is 730 g/mol. The SMILES string of the molecule is CC1(C)CCC(C)(C)c2cc(N(c3ccc(-c4ccc5c(c4)-c4ccccc4C54C5CC6CC(C5)CC4C6)cc3)c3ccc4oc5ccccc5c4c3)ccc21. The first kappa shape index (κ1) is 33.1. The molecule has 278 valence electrons. The predicted octanol–water partition coefficient (Wildman–Crippen LogP) is 14.8. The quantitative estimate of drug-likeness (QED) is 0.179. The summed E-state index contributed by atoms with van der Waals surface area (Å²) in [5, 5.41) is 2.30. The van der Waals surface area contributed by atoms with Crippen molar-refractivity contribution in [3.05, 3.63) is 150 Å². The Hall–Kier alpha value is -5.08. The Balaban J connectivity index is 0.971. The fourth-order valence-corrected chi connectivity index (χ4v) is 13.2. The number of rotatable bonds is 4. The van der Waals surface area contributed by atoms with E-state index in [1.807, 2.05) is 0 Å². The van der Waals surface area contributed by atoms with Crippen LogP contribution in [0.2, 0.25) is 0 Å². The van der Waals surface area contributed by atoms with E-state index in [-0.39, 0.29) is 16.2 Å². The summed E-state index contributed by atoms with van der Waals surface area (Å²) in [6.45, 7) is 9.67. The molecule has 4 fully saturated rings. The molecule has 6 aliphatic rings. The van der Waals surface area contributed by atoms with E-state index in [4.69, 9.17) is 4.42 Å². The molecular weight excluding hydrogens is 679 g/mol. The number of nitrogens with zero attached hydrogens (tertiary/aromatic N) is 1. The van der Waals surface area contributed by atoms with E-state index in [9.17, 15) is 0 Å². The second-order valence-electron chi connectivity index (χ2n) is 19.6. The van der Waals surface area contributed by atoms with E-state index < -0.39 is 0 Å². The van der Waals surface area contributed by atoms with Crippen molar-refractivity contribution < 1.29 is 4.42 Å². The van der Waals surface area contributed by atoms with Gasteiger partial charge in [-0.2, -0.15) is 0 Å². The van der Waals surface area contributed by atoms with Crippen molar-refractivity contribution in [2.45, 2.75) is 88.9 Å². The van der Waals surface area contributed by atoms with Crippen LogP contribution in [0.5, 0.6) is 0 Å². The molecule has 0 saturated heterocycles. The first-order valence-electron chi connectivity index (χ1n) is 21.4. The van der Waals surface area contributed by atoms with E-state index >= 15 is 0 Å². The van der Waals surface area contributed by atoms with Gasteiger partial charge in [-0.05, 0) is 179 Å². The van der Waals surface area contributed by atoms with E-state index in [1.54, 1.807) is 11.1 Å². The summed E-state index contributed by atoms with van der Waals surface area (Å²) in [6.07, 6.45) is 9.56. The summed E-state index contributed by atoms with van der Waals surface area (Å²) >= 11 is 0. The molecule has 0 radical (unpaired) electrons. The number of fused-ring (bicyclic) bond motifs is 7. The van der Waals surface area contributed by atoms with Gasteiger partial charge >= 0.3 is 0 Å². The lowest BCUT2D eigenvalue weighted by Gasteiger charge is -2.61. The molecule has 0 amide bonds. The third kappa shape index (κ3) is 4.56. The molecule has 2 nitrogen and oxygen atoms in total. The molecule has 6 aromatic carbocycles. The summed E-state index contributed by atoms with van der Waals surface area (Å²) in [6, 6.07) is 48.7. The lowest BCUT2D eigenvalue weighted by molar-refractivity contribution is -0.0399. The molecule has 6 aliphatic carbocycles. The number of hydrogen-bond acceptors (Lipinski definition) is 2. The van der Waals surface area contributed by atoms with Crippen LogP contribution in [0.15, 0.2) is 132 Å². The Labute approximate surface area is 331 Å². The van der Waals surface area contributed by atoms with Crippen molar-refractivity contribution >= 4 is 39.0 Å². The number of benzene rings is 6. The van der Waals surface area contributed by atoms with Crippen molar-refractivity contribution in [3.63, 3.8) is 0 Å². The second kappa shape index (κ2) is 11.5. The number of para-hydroxylation sites is 1. The molecule has 1 spiro atoms. The standard InChI is InChI=1S/C54H51NO/c1-52(2)23-24-53(3,4)49-32-41(18-21-48(49)52)55(40-19-22-51-45(31-40)43-10-6-8-12-50(43)56-51)39-16-13-35(14-17-39)36-15-20-47-44(30-36)42-9-5-7-11-46(42)54(47)37-26-33-25-34(28-37)29-38(54)27-33/h5-22,30-34,37-38H,23-29H2,1-4H3. The third-order valence-corrected chi connectivity index (χ3v) is 15.7. The Morgan fingerprint density at radius 3 is 1.84 bits per heavy atom. The Kier molecular flexibility index (Phi) is 6.80. The minimum Gasteiger partial charge on any atom is -0.456 e. The highest BCUT2D eigenvalue weighted by Crippen LogP contribution is 2.69. The second-order valence-corrected chi connectivity index (χ2v) is 19.6. The molecule has 56 heavy (non-hydrogen) atoms. The first-order valence-corrected chi connectivity index (χ1v) is 21.4. The molecule has 2 heteroatoms. The summed E-state index contributed by atoms with van der Waals surface area (Å²) in [5.74, 6) is 3.49. The number of hydrogen-bond donors (Lipinski definition) is 0. The molecule has 0 atom stereocenters. The Morgan fingerprint density at radius 2 is 1.05 bits per heavy atom. The zero-order valence-corrected chi connectivity index (χ0v) is 33.2. The van der Waals surface area contributed by atoms with Crippen LogP contribution in [0, 0.1) is 23.7 Å². The molecule has 0 unspecified atom stereocenters. The third-order valence-electron chi connectivity index (χ3n) is 15.7. The van der Waals surface area contributed by atoms with Crippen LogP contribution in [0.3, 0.4) is 0 Å². The topological polar surface area (TPSA) is 16.4 Å². The van der Waals surface area contributed by atoms with Gasteiger partial charge in [-0.25, -0.2) is 0 Å². The monoisotopic (exact) mass is 729 g/mol. The maximum atomic E-state index is 6.29. The maximum Gasteiger partial charge on any atom is 0.135 e. The van der Waals surface area contributed by atoms with Gasteiger partial charge in [0.15, 0.2) is 0 Å². The van der Waals surface area contributed by atoms with Gasteiger partial charge in [-0.1, -0.05) is 100 Å². The molecule has 7 aromatic rings. The van der Waals surface area contributed by atoms with Crippen LogP contribution in [0.1, 0.15) is 94.9 Å². The highest BCUT2D eigenvalue weighted by Gasteiger charge is 2.61. The highest BCUT2D eigenvalue weighted by atomic mass is 16.3. The zero-order chi connectivity index (χ0) is 37.6. The molecule has 1 heterocycles. The molecule has 0 aliphatic heterocycles. The molecular formula is C54H51NO. The summed E-state index contributed by atoms with van der Waals surface area (Å²) in [4.78, 5) is 2.46. The number of anilines is 3. The molecule has 13 rings (SSSR count). The van der Waals surface area contributed by atoms with Gasteiger partial charge in [0.2, 0.25) is 0 Å². The van der Waals surface area contributed by atoms with Gasteiger partial charge in [0.25, 0.3) is 0 Å². The van der Waals surface area contributed by atoms with Gasteiger partial charge in [0.1, 0.15) is 11.2 Å². The maximum absolute atomic E-state index is 6.29. The highest BCUT2D eigenvalue weighted by molar-refractivity contribution is 6.06. The summed E-state index contributed by atoms with van der Waals surface area (Å²) < 4.78 is 6.29. The van der Waals surface area contributed by atoms with Crippen molar-refractivity contribution in [2.24, 2.45) is 23.7 Å². The Bertz CT molecular complexity index is 2700. The minimum absolute atomic E-state index is 0.114. The van der Waals surface area contributed by atoms with Crippen molar-refractivity contribution in [1.82, 2.24) is 0 Å². The van der Waals surface area contributed by atoms with Crippen LogP contribution in [-0.2, 0) is 16.2 Å². The number of furan rings is 1. The fraction of sp³-hybridized carbons (Fsp3) is 0.333. The fourth-order valence-electron chi connectivity index (χ4n) is 13.2. The van der Waals surface area contributed by atoms with Gasteiger partial charge in [0, 0.05) is 33.2 Å². The smallest absolute Gasteiger partial charge is 0.135 e. The predicted molar refractivity (Wildman–Crippen MR) is 232 cm³/mol. The average Bonchev–Trinajstić information content (AvgIpc) is 3.72. The lowest BCUT2D eigenvalue weighted by atomic mass is 9.43. The minimum atomic E-state index is 0.114. The van der Waals surface area contributed by atoms with Gasteiger partial charge in [-0.15, -0.1) is 0 Å². The first-order chi connectivity index (χ1) is 27.2. The zero-order valence-electron chi connectivity index (χ0n) is 33.2. The van der Waals surface area contributed by atoms with Crippen molar-refractivity contribution in [3.8, 4) is 22.3 Å². The van der Waals surface area contributed by atoms with Gasteiger partial charge in [-0.3, -0.25) is 0 Å². The van der Waals surface area contributed by atoms with Crippen LogP contribution in [0.25, 0.3) is 44.2 Å². The molecule has 4 saturated carbocycles. The van der Waals surface area contributed by atoms with Crippen LogP contribution in [-0.4, -0.2) is 0 Å². The van der Waals surface area contributed by atoms with Gasteiger partial charge in [0.05, 0.1) is 0 Å². The van der Waals surface area contributed by atoms with Crippen molar-refractivity contribution in [1.29, 1.82) is 0 Å². The van der Waals surface area contributed by atoms with E-state index in [2.05, 4.69) is 160 Å². The van der Waals surface area contributed by atoms with E-state index in [0.29, 0.717) is 0 Å². The van der Waals surface area contributed by atoms with Crippen LogP contribution in [0.4, 0.5) is 17.1 Å². The largest absolute Gasteiger partial charge is 0.456 e. The Morgan fingerprint density at radius 1 is 0.464 bits per heavy atom. The van der Waals surface area contributed by atoms with E-state index in [1.165, 1.54) is 84.0 Å². The molecule has 4 bridgehead atoms. The van der Waals surface area contributed by atoms with E-state index in [0.717, 1.165) is 57.0 Å². The normalized spacial score (nSPS) is 26.1. The molecule has 1 aromatic heterocycles. The van der Waals surface area contributed by atoms with Crippen LogP contribution < -0.4 is 4.90 Å².